The zero-order valence-corrected chi connectivity index (χ0v) is 15.9. The number of nitrogens with one attached hydrogen (secondary N) is 2. The molecule has 0 saturated heterocycles. The summed E-state index contributed by atoms with van der Waals surface area (Å²) in [6.45, 7) is 0.732. The first-order valence-electron chi connectivity index (χ1n) is 9.37. The first-order chi connectivity index (χ1) is 13.6. The molecule has 1 unspecified atom stereocenters. The summed E-state index contributed by atoms with van der Waals surface area (Å²) in [6, 6.07) is 16.2. The second kappa shape index (κ2) is 11.9. The standard InChI is InChI=1S/C21H27F2N3O2/c1-2-24-21(25-14-6-9-16-7-4-3-5-8-16)26-15-19(27)17-10-12-18(13-11-17)28-20(22)23/h3-5,7-8,10-13,19-20,27H,2,6,9,14-15H2,1H3,(H2,24,25,26). The summed E-state index contributed by atoms with van der Waals surface area (Å²) in [4.78, 5) is 4.40. The molecule has 0 heterocycles. The predicted molar refractivity (Wildman–Crippen MR) is 107 cm³/mol. The Morgan fingerprint density at radius 3 is 2.43 bits per heavy atom. The number of nitrogens with zero attached hydrogens (tertiary/aromatic N) is 1. The molecule has 0 amide bonds. The third-order valence-electron chi connectivity index (χ3n) is 4.03. The molecule has 2 aromatic rings. The van der Waals surface area contributed by atoms with E-state index in [0.29, 0.717) is 18.1 Å². The number of aliphatic hydroxyl groups excluding tert-OH is 1. The van der Waals surface area contributed by atoms with E-state index in [9.17, 15) is 13.9 Å². The van der Waals surface area contributed by atoms with Gasteiger partial charge in [-0.15, -0.1) is 0 Å². The van der Waals surface area contributed by atoms with Crippen LogP contribution in [0.2, 0.25) is 0 Å². The van der Waals surface area contributed by atoms with E-state index in [2.05, 4.69) is 32.5 Å². The minimum Gasteiger partial charge on any atom is -0.435 e. The van der Waals surface area contributed by atoms with Crippen LogP contribution in [0.15, 0.2) is 59.6 Å². The van der Waals surface area contributed by atoms with Gasteiger partial charge in [-0.3, -0.25) is 4.99 Å². The number of alkyl halides is 2. The van der Waals surface area contributed by atoms with Crippen molar-refractivity contribution in [3.8, 4) is 5.75 Å². The van der Waals surface area contributed by atoms with E-state index in [1.54, 1.807) is 12.1 Å². The topological polar surface area (TPSA) is 65.9 Å². The summed E-state index contributed by atoms with van der Waals surface area (Å²) in [7, 11) is 0. The quantitative estimate of drug-likeness (QED) is 0.329. The van der Waals surface area contributed by atoms with E-state index < -0.39 is 12.7 Å². The van der Waals surface area contributed by atoms with E-state index >= 15 is 0 Å². The first-order valence-corrected chi connectivity index (χ1v) is 9.37. The Kier molecular flexibility index (Phi) is 9.21. The number of aryl methyl sites for hydroxylation is 1. The molecule has 0 spiro atoms. The molecule has 0 bridgehead atoms. The van der Waals surface area contributed by atoms with Gasteiger partial charge in [0.25, 0.3) is 0 Å². The van der Waals surface area contributed by atoms with Gasteiger partial charge in [-0.2, -0.15) is 8.78 Å². The average Bonchev–Trinajstić information content (AvgIpc) is 2.70. The Bertz CT molecular complexity index is 709. The zero-order valence-electron chi connectivity index (χ0n) is 15.9. The molecule has 2 rings (SSSR count). The highest BCUT2D eigenvalue weighted by atomic mass is 19.3. The minimum atomic E-state index is -2.86. The van der Waals surface area contributed by atoms with Crippen molar-refractivity contribution in [2.75, 3.05) is 19.6 Å². The molecule has 3 N–H and O–H groups in total. The number of hydrogen-bond acceptors (Lipinski definition) is 3. The van der Waals surface area contributed by atoms with Crippen LogP contribution in [0, 0.1) is 0 Å². The van der Waals surface area contributed by atoms with Crippen molar-refractivity contribution in [3.63, 3.8) is 0 Å². The number of halogens is 2. The fraction of sp³-hybridized carbons (Fsp3) is 0.381. The fourth-order valence-electron chi connectivity index (χ4n) is 2.64. The molecule has 7 heteroatoms. The zero-order chi connectivity index (χ0) is 20.2. The lowest BCUT2D eigenvalue weighted by atomic mass is 10.1. The van der Waals surface area contributed by atoms with Crippen LogP contribution >= 0.6 is 0 Å². The molecule has 0 aliphatic heterocycles. The molecule has 152 valence electrons. The monoisotopic (exact) mass is 391 g/mol. The number of aliphatic hydroxyl groups is 1. The van der Waals surface area contributed by atoms with Crippen molar-refractivity contribution in [2.45, 2.75) is 32.5 Å². The summed E-state index contributed by atoms with van der Waals surface area (Å²) in [5, 5.41) is 16.7. The van der Waals surface area contributed by atoms with Gasteiger partial charge in [-0.05, 0) is 43.0 Å². The maximum atomic E-state index is 12.2. The van der Waals surface area contributed by atoms with Gasteiger partial charge >= 0.3 is 6.61 Å². The number of ether oxygens (including phenoxy) is 1. The third kappa shape index (κ3) is 7.92. The van der Waals surface area contributed by atoms with Crippen LogP contribution < -0.4 is 15.4 Å². The van der Waals surface area contributed by atoms with Gasteiger partial charge in [-0.1, -0.05) is 42.5 Å². The first kappa shape index (κ1) is 21.6. The van der Waals surface area contributed by atoms with Crippen LogP contribution in [-0.4, -0.2) is 37.3 Å². The summed E-state index contributed by atoms with van der Waals surface area (Å²) in [6.07, 6.45) is 1.10. The Balaban J connectivity index is 1.81. The summed E-state index contributed by atoms with van der Waals surface area (Å²) >= 11 is 0. The smallest absolute Gasteiger partial charge is 0.387 e. The van der Waals surface area contributed by atoms with Gasteiger partial charge in [0.2, 0.25) is 0 Å². The van der Waals surface area contributed by atoms with Gasteiger partial charge in [-0.25, -0.2) is 0 Å². The lowest BCUT2D eigenvalue weighted by molar-refractivity contribution is -0.0498. The molecule has 0 aliphatic rings. The molecule has 0 aromatic heterocycles. The lowest BCUT2D eigenvalue weighted by Crippen LogP contribution is -2.38. The van der Waals surface area contributed by atoms with Gasteiger partial charge in [0.15, 0.2) is 5.96 Å². The summed E-state index contributed by atoms with van der Waals surface area (Å²) in [5.74, 6) is 0.690. The molecule has 2 aromatic carbocycles. The van der Waals surface area contributed by atoms with Crippen molar-refractivity contribution in [1.82, 2.24) is 10.6 Å². The molecular weight excluding hydrogens is 364 g/mol. The van der Waals surface area contributed by atoms with E-state index in [1.165, 1.54) is 17.7 Å². The molecule has 28 heavy (non-hydrogen) atoms. The van der Waals surface area contributed by atoms with Gasteiger partial charge in [0, 0.05) is 13.1 Å². The number of hydrogen-bond donors (Lipinski definition) is 3. The Labute approximate surface area is 164 Å². The molecule has 1 atom stereocenters. The maximum Gasteiger partial charge on any atom is 0.387 e. The van der Waals surface area contributed by atoms with Crippen LogP contribution in [0.25, 0.3) is 0 Å². The highest BCUT2D eigenvalue weighted by Crippen LogP contribution is 2.19. The van der Waals surface area contributed by atoms with Crippen LogP contribution in [0.4, 0.5) is 8.78 Å². The second-order valence-electron chi connectivity index (χ2n) is 6.20. The highest BCUT2D eigenvalue weighted by Gasteiger charge is 2.09. The van der Waals surface area contributed by atoms with E-state index in [-0.39, 0.29) is 12.3 Å². The van der Waals surface area contributed by atoms with Crippen molar-refractivity contribution in [2.24, 2.45) is 4.99 Å². The van der Waals surface area contributed by atoms with Crippen LogP contribution in [0.3, 0.4) is 0 Å². The number of guanidine groups is 1. The van der Waals surface area contributed by atoms with Crippen molar-refractivity contribution in [3.05, 3.63) is 65.7 Å². The van der Waals surface area contributed by atoms with Crippen molar-refractivity contribution in [1.29, 1.82) is 0 Å². The van der Waals surface area contributed by atoms with Gasteiger partial charge in [0.05, 0.1) is 12.6 Å². The van der Waals surface area contributed by atoms with Crippen LogP contribution in [-0.2, 0) is 6.42 Å². The average molecular weight is 391 g/mol. The highest BCUT2D eigenvalue weighted by molar-refractivity contribution is 5.79. The molecule has 0 aliphatic carbocycles. The Hall–Kier alpha value is -2.67. The fourth-order valence-corrected chi connectivity index (χ4v) is 2.64. The SMILES string of the molecule is CCNC(=NCC(O)c1ccc(OC(F)F)cc1)NCCCc1ccccc1. The van der Waals surface area contributed by atoms with Gasteiger partial charge in [0.1, 0.15) is 5.75 Å². The normalized spacial score (nSPS) is 12.7. The predicted octanol–water partition coefficient (Wildman–Crippen LogP) is 3.51. The minimum absolute atomic E-state index is 0.0582. The van der Waals surface area contributed by atoms with E-state index in [4.69, 9.17) is 0 Å². The number of rotatable bonds is 10. The second-order valence-corrected chi connectivity index (χ2v) is 6.20. The molecule has 0 fully saturated rings. The summed E-state index contributed by atoms with van der Waals surface area (Å²) < 4.78 is 28.7. The van der Waals surface area contributed by atoms with Gasteiger partial charge < -0.3 is 20.5 Å². The van der Waals surface area contributed by atoms with Crippen molar-refractivity contribution < 1.29 is 18.6 Å². The maximum absolute atomic E-state index is 12.2. The number of benzene rings is 2. The molecule has 0 saturated carbocycles. The molecule has 0 radical (unpaired) electrons. The number of aliphatic imine (C=N–C) groups is 1. The summed E-state index contributed by atoms with van der Waals surface area (Å²) in [5.41, 5.74) is 1.88. The molecule has 5 nitrogen and oxygen atoms in total. The largest absolute Gasteiger partial charge is 0.435 e. The lowest BCUT2D eigenvalue weighted by Gasteiger charge is -2.14. The third-order valence-corrected chi connectivity index (χ3v) is 4.03. The van der Waals surface area contributed by atoms with Crippen LogP contribution in [0.1, 0.15) is 30.6 Å². The van der Waals surface area contributed by atoms with Crippen LogP contribution in [0.5, 0.6) is 5.75 Å². The Morgan fingerprint density at radius 2 is 1.79 bits per heavy atom. The Morgan fingerprint density at radius 1 is 1.07 bits per heavy atom. The molecular formula is C21H27F2N3O2. The van der Waals surface area contributed by atoms with Crippen molar-refractivity contribution >= 4 is 5.96 Å². The van der Waals surface area contributed by atoms with E-state index in [0.717, 1.165) is 19.4 Å². The van der Waals surface area contributed by atoms with E-state index in [1.807, 2.05) is 25.1 Å².